The lowest BCUT2D eigenvalue weighted by Crippen LogP contribution is -2.06. The Kier molecular flexibility index (Phi) is 3.19. The summed E-state index contributed by atoms with van der Waals surface area (Å²) in [7, 11) is 0. The fraction of sp³-hybridized carbons (Fsp3) is 0.286. The van der Waals surface area contributed by atoms with Crippen LogP contribution in [-0.4, -0.2) is 22.8 Å². The number of nitrogens with zero attached hydrogens (tertiary/aromatic N) is 1. The molecule has 2 rings (SSSR count). The van der Waals surface area contributed by atoms with E-state index in [4.69, 9.17) is 4.74 Å². The summed E-state index contributed by atoms with van der Waals surface area (Å²) in [5, 5.41) is 0. The smallest absolute Gasteiger partial charge is 0.340 e. The standard InChI is InChI=1S/C14H15NO3/c1-4-18-14(17)12-9(2)13(10(3)16)15-8-6-5-7-11(12)15/h5-8H,4H2,1-3H3. The Bertz CT molecular complexity index is 625. The summed E-state index contributed by atoms with van der Waals surface area (Å²) in [5.41, 5.74) is 2.39. The number of carbonyl (C=O) groups is 2. The fourth-order valence-corrected chi connectivity index (χ4v) is 2.23. The average Bonchev–Trinajstić information content (AvgIpc) is 2.61. The minimum Gasteiger partial charge on any atom is -0.462 e. The van der Waals surface area contributed by atoms with Crippen LogP contribution < -0.4 is 0 Å². The van der Waals surface area contributed by atoms with Crippen LogP contribution in [0, 0.1) is 6.92 Å². The summed E-state index contributed by atoms with van der Waals surface area (Å²) in [5.74, 6) is -0.449. The van der Waals surface area contributed by atoms with Crippen LogP contribution in [0.2, 0.25) is 0 Å². The fourth-order valence-electron chi connectivity index (χ4n) is 2.23. The molecule has 0 saturated carbocycles. The third-order valence-electron chi connectivity index (χ3n) is 2.90. The summed E-state index contributed by atoms with van der Waals surface area (Å²) in [6.45, 7) is 5.35. The van der Waals surface area contributed by atoms with Crippen LogP contribution in [-0.2, 0) is 4.74 Å². The second-order valence-corrected chi connectivity index (χ2v) is 4.08. The van der Waals surface area contributed by atoms with E-state index in [2.05, 4.69) is 0 Å². The SMILES string of the molecule is CCOC(=O)c1c(C)c(C(C)=O)n2ccccc12. The number of fused-ring (bicyclic) bond motifs is 1. The molecule has 0 N–H and O–H groups in total. The number of carbonyl (C=O) groups excluding carboxylic acids is 2. The van der Waals surface area contributed by atoms with Crippen LogP contribution in [0.25, 0.3) is 5.52 Å². The molecule has 0 fully saturated rings. The van der Waals surface area contributed by atoms with E-state index >= 15 is 0 Å². The van der Waals surface area contributed by atoms with Gasteiger partial charge in [-0.05, 0) is 31.5 Å². The molecule has 0 unspecified atom stereocenters. The topological polar surface area (TPSA) is 47.8 Å². The molecule has 0 spiro atoms. The molecule has 4 heteroatoms. The van der Waals surface area contributed by atoms with Crippen molar-refractivity contribution in [1.29, 1.82) is 0 Å². The highest BCUT2D eigenvalue weighted by Crippen LogP contribution is 2.24. The number of Topliss-reactive ketones (excluding diaryl/α,β-unsaturated/α-hetero) is 1. The molecule has 2 aromatic heterocycles. The summed E-state index contributed by atoms with van der Waals surface area (Å²) in [6.07, 6.45) is 1.78. The first-order chi connectivity index (χ1) is 8.57. The molecule has 0 bridgehead atoms. The number of ketones is 1. The van der Waals surface area contributed by atoms with Gasteiger partial charge in [-0.2, -0.15) is 0 Å². The lowest BCUT2D eigenvalue weighted by Gasteiger charge is -2.01. The monoisotopic (exact) mass is 245 g/mol. The first kappa shape index (κ1) is 12.4. The van der Waals surface area contributed by atoms with Crippen molar-refractivity contribution in [1.82, 2.24) is 4.40 Å². The van der Waals surface area contributed by atoms with Crippen LogP contribution in [0.1, 0.15) is 40.3 Å². The van der Waals surface area contributed by atoms with Crippen LogP contribution in [0.3, 0.4) is 0 Å². The molecule has 0 aliphatic heterocycles. The van der Waals surface area contributed by atoms with Crippen molar-refractivity contribution in [2.45, 2.75) is 20.8 Å². The Labute approximate surface area is 105 Å². The molecule has 0 atom stereocenters. The van der Waals surface area contributed by atoms with Crippen molar-refractivity contribution in [2.24, 2.45) is 0 Å². The van der Waals surface area contributed by atoms with Crippen molar-refractivity contribution >= 4 is 17.3 Å². The predicted molar refractivity (Wildman–Crippen MR) is 68.1 cm³/mol. The maximum absolute atomic E-state index is 12.0. The minimum absolute atomic E-state index is 0.0655. The molecule has 2 heterocycles. The van der Waals surface area contributed by atoms with Gasteiger partial charge < -0.3 is 9.14 Å². The Morgan fingerprint density at radius 2 is 2.06 bits per heavy atom. The first-order valence-corrected chi connectivity index (χ1v) is 5.85. The second kappa shape index (κ2) is 4.64. The Hall–Kier alpha value is -2.10. The van der Waals surface area contributed by atoms with E-state index in [1.165, 1.54) is 6.92 Å². The van der Waals surface area contributed by atoms with Crippen molar-refractivity contribution in [3.05, 3.63) is 41.2 Å². The van der Waals surface area contributed by atoms with Crippen molar-refractivity contribution < 1.29 is 14.3 Å². The highest BCUT2D eigenvalue weighted by Gasteiger charge is 2.22. The van der Waals surface area contributed by atoms with Crippen LogP contribution in [0.4, 0.5) is 0 Å². The van der Waals surface area contributed by atoms with Crippen molar-refractivity contribution in [2.75, 3.05) is 6.61 Å². The van der Waals surface area contributed by atoms with Gasteiger partial charge in [0.25, 0.3) is 0 Å². The van der Waals surface area contributed by atoms with E-state index in [0.717, 1.165) is 0 Å². The molecule has 0 amide bonds. The van der Waals surface area contributed by atoms with E-state index in [1.54, 1.807) is 24.4 Å². The summed E-state index contributed by atoms with van der Waals surface area (Å²) in [6, 6.07) is 5.47. The van der Waals surface area contributed by atoms with Gasteiger partial charge in [0.15, 0.2) is 5.78 Å². The molecule has 0 saturated heterocycles. The zero-order valence-electron chi connectivity index (χ0n) is 10.7. The Morgan fingerprint density at radius 3 is 2.67 bits per heavy atom. The highest BCUT2D eigenvalue weighted by atomic mass is 16.5. The maximum Gasteiger partial charge on any atom is 0.340 e. The lowest BCUT2D eigenvalue weighted by atomic mass is 10.1. The number of rotatable bonds is 3. The summed E-state index contributed by atoms with van der Waals surface area (Å²) >= 11 is 0. The molecule has 0 aliphatic carbocycles. The van der Waals surface area contributed by atoms with Gasteiger partial charge in [-0.3, -0.25) is 4.79 Å². The predicted octanol–water partition coefficient (Wildman–Crippen LogP) is 2.63. The maximum atomic E-state index is 12.0. The zero-order chi connectivity index (χ0) is 13.3. The largest absolute Gasteiger partial charge is 0.462 e. The number of aromatic nitrogens is 1. The third-order valence-corrected chi connectivity index (χ3v) is 2.90. The molecule has 4 nitrogen and oxygen atoms in total. The highest BCUT2D eigenvalue weighted by molar-refractivity contribution is 6.05. The van der Waals surface area contributed by atoms with Crippen molar-refractivity contribution in [3.63, 3.8) is 0 Å². The molecule has 18 heavy (non-hydrogen) atoms. The van der Waals surface area contributed by atoms with E-state index in [9.17, 15) is 9.59 Å². The van der Waals surface area contributed by atoms with E-state index < -0.39 is 0 Å². The summed E-state index contributed by atoms with van der Waals surface area (Å²) < 4.78 is 6.79. The summed E-state index contributed by atoms with van der Waals surface area (Å²) in [4.78, 5) is 23.7. The van der Waals surface area contributed by atoms with Crippen LogP contribution in [0.15, 0.2) is 24.4 Å². The van der Waals surface area contributed by atoms with Gasteiger partial charge in [-0.1, -0.05) is 6.07 Å². The number of esters is 1. The zero-order valence-corrected chi connectivity index (χ0v) is 10.7. The minimum atomic E-state index is -0.383. The second-order valence-electron chi connectivity index (χ2n) is 4.08. The van der Waals surface area contributed by atoms with Gasteiger partial charge in [0.2, 0.25) is 0 Å². The molecule has 0 radical (unpaired) electrons. The van der Waals surface area contributed by atoms with Gasteiger partial charge in [0.1, 0.15) is 0 Å². The van der Waals surface area contributed by atoms with Gasteiger partial charge >= 0.3 is 5.97 Å². The van der Waals surface area contributed by atoms with Crippen LogP contribution >= 0.6 is 0 Å². The average molecular weight is 245 g/mol. The van der Waals surface area contributed by atoms with Gasteiger partial charge in [-0.25, -0.2) is 4.79 Å². The van der Waals surface area contributed by atoms with Gasteiger partial charge in [-0.15, -0.1) is 0 Å². The molecule has 0 aromatic carbocycles. The Morgan fingerprint density at radius 1 is 1.33 bits per heavy atom. The third kappa shape index (κ3) is 1.79. The number of ether oxygens (including phenoxy) is 1. The van der Waals surface area contributed by atoms with E-state index in [1.807, 2.05) is 18.2 Å². The lowest BCUT2D eigenvalue weighted by molar-refractivity contribution is 0.0528. The molecule has 0 aliphatic rings. The molecular weight excluding hydrogens is 230 g/mol. The molecular formula is C14H15NO3. The van der Waals surface area contributed by atoms with E-state index in [0.29, 0.717) is 28.9 Å². The first-order valence-electron chi connectivity index (χ1n) is 5.85. The quantitative estimate of drug-likeness (QED) is 0.617. The van der Waals surface area contributed by atoms with Gasteiger partial charge in [0, 0.05) is 13.1 Å². The molecule has 94 valence electrons. The van der Waals surface area contributed by atoms with E-state index in [-0.39, 0.29) is 11.8 Å². The molecule has 2 aromatic rings. The van der Waals surface area contributed by atoms with Crippen molar-refractivity contribution in [3.8, 4) is 0 Å². The van der Waals surface area contributed by atoms with Gasteiger partial charge in [0.05, 0.1) is 23.4 Å². The normalized spacial score (nSPS) is 10.6. The number of hydrogen-bond donors (Lipinski definition) is 0. The Balaban J connectivity index is 2.77. The number of hydrogen-bond acceptors (Lipinski definition) is 3. The van der Waals surface area contributed by atoms with Crippen LogP contribution in [0.5, 0.6) is 0 Å². The number of pyridine rings is 1.